The molecule has 0 aliphatic carbocycles. The van der Waals surface area contributed by atoms with Gasteiger partial charge in [0.05, 0.1) is 18.9 Å². The largest absolute Gasteiger partial charge is 0.506 e. The summed E-state index contributed by atoms with van der Waals surface area (Å²) in [5.74, 6) is 0.744. The van der Waals surface area contributed by atoms with Gasteiger partial charge in [0.15, 0.2) is 5.82 Å². The Labute approximate surface area is 176 Å². The normalized spacial score (nSPS) is 15.0. The second-order valence-corrected chi connectivity index (χ2v) is 7.26. The fourth-order valence-electron chi connectivity index (χ4n) is 3.22. The summed E-state index contributed by atoms with van der Waals surface area (Å²) in [5, 5.41) is 29.5. The van der Waals surface area contributed by atoms with Crippen molar-refractivity contribution in [3.05, 3.63) is 70.5 Å². The molecule has 8 heteroatoms. The van der Waals surface area contributed by atoms with Crippen molar-refractivity contribution in [3.63, 3.8) is 0 Å². The van der Waals surface area contributed by atoms with Gasteiger partial charge in [-0.2, -0.15) is 5.26 Å². The summed E-state index contributed by atoms with van der Waals surface area (Å²) in [5.41, 5.74) is 1.37. The van der Waals surface area contributed by atoms with Crippen molar-refractivity contribution < 1.29 is 9.84 Å². The van der Waals surface area contributed by atoms with E-state index in [-0.39, 0.29) is 17.2 Å². The maximum absolute atomic E-state index is 10.9. The lowest BCUT2D eigenvalue weighted by Crippen LogP contribution is -2.38. The summed E-state index contributed by atoms with van der Waals surface area (Å²) in [6, 6.07) is 18.9. The second kappa shape index (κ2) is 8.47. The van der Waals surface area contributed by atoms with Crippen LogP contribution < -0.4 is 4.90 Å². The lowest BCUT2D eigenvalue weighted by atomic mass is 10.1. The van der Waals surface area contributed by atoms with E-state index < -0.39 is 0 Å². The first-order valence-electron chi connectivity index (χ1n) is 9.13. The molecule has 146 valence electrons. The van der Waals surface area contributed by atoms with Crippen molar-refractivity contribution >= 4 is 33.2 Å². The molecule has 2 aromatic carbocycles. The van der Waals surface area contributed by atoms with Gasteiger partial charge in [-0.1, -0.05) is 52.3 Å². The van der Waals surface area contributed by atoms with Gasteiger partial charge in [-0.25, -0.2) is 0 Å². The fraction of sp³-hybridized carbons (Fsp3) is 0.190. The maximum Gasteiger partial charge on any atom is 0.232 e. The number of aromatic nitrogens is 3. The van der Waals surface area contributed by atoms with Crippen molar-refractivity contribution in [1.82, 2.24) is 14.8 Å². The smallest absolute Gasteiger partial charge is 0.232 e. The van der Waals surface area contributed by atoms with Gasteiger partial charge in [0, 0.05) is 23.1 Å². The number of aliphatic hydroxyl groups excluding tert-OH is 1. The molecule has 0 atom stereocenters. The van der Waals surface area contributed by atoms with Crippen LogP contribution in [-0.4, -0.2) is 46.2 Å². The van der Waals surface area contributed by atoms with Gasteiger partial charge in [0.1, 0.15) is 17.4 Å². The molecule has 0 saturated carbocycles. The number of morpholine rings is 1. The third-order valence-corrected chi connectivity index (χ3v) is 5.35. The van der Waals surface area contributed by atoms with Crippen LogP contribution in [0.4, 0.5) is 5.95 Å². The number of allylic oxidation sites excluding steroid dienone is 1. The standard InChI is InChI=1S/C21H18BrN5O2/c22-18-9-5-4-8-16(18)19(28)17(14-23)20-24-25-21(26-10-12-29-13-11-26)27(20)15-6-2-1-3-7-15/h1-9,28H,10-13H2/b19-17-. The van der Waals surface area contributed by atoms with Gasteiger partial charge in [-0.15, -0.1) is 10.2 Å². The number of nitrogens with zero attached hydrogens (tertiary/aromatic N) is 5. The molecule has 1 saturated heterocycles. The Morgan fingerprint density at radius 2 is 1.72 bits per heavy atom. The third kappa shape index (κ3) is 3.75. The molecule has 1 aliphatic rings. The molecule has 7 nitrogen and oxygen atoms in total. The summed E-state index contributed by atoms with van der Waals surface area (Å²) in [6.07, 6.45) is 0. The molecule has 4 rings (SSSR count). The highest BCUT2D eigenvalue weighted by Crippen LogP contribution is 2.31. The Kier molecular flexibility index (Phi) is 5.60. The van der Waals surface area contributed by atoms with E-state index in [1.807, 2.05) is 42.5 Å². The van der Waals surface area contributed by atoms with Crippen molar-refractivity contribution in [2.45, 2.75) is 0 Å². The van der Waals surface area contributed by atoms with E-state index in [0.717, 1.165) is 5.69 Å². The monoisotopic (exact) mass is 451 g/mol. The highest BCUT2D eigenvalue weighted by molar-refractivity contribution is 9.10. The van der Waals surface area contributed by atoms with E-state index in [0.29, 0.717) is 42.3 Å². The zero-order valence-corrected chi connectivity index (χ0v) is 17.1. The number of hydrogen-bond donors (Lipinski definition) is 1. The average Bonchev–Trinajstić information content (AvgIpc) is 3.20. The van der Waals surface area contributed by atoms with Gasteiger partial charge in [-0.3, -0.25) is 4.57 Å². The molecule has 1 fully saturated rings. The summed E-state index contributed by atoms with van der Waals surface area (Å²) < 4.78 is 7.93. The van der Waals surface area contributed by atoms with Crippen molar-refractivity contribution in [3.8, 4) is 11.8 Å². The molecule has 0 spiro atoms. The van der Waals surface area contributed by atoms with Crippen molar-refractivity contribution in [2.75, 3.05) is 31.2 Å². The molecule has 0 unspecified atom stereocenters. The third-order valence-electron chi connectivity index (χ3n) is 4.66. The second-order valence-electron chi connectivity index (χ2n) is 6.41. The van der Waals surface area contributed by atoms with Gasteiger partial charge in [0.2, 0.25) is 5.95 Å². The zero-order valence-electron chi connectivity index (χ0n) is 15.5. The predicted octanol–water partition coefficient (Wildman–Crippen LogP) is 3.82. The van der Waals surface area contributed by atoms with Crippen LogP contribution in [0, 0.1) is 11.3 Å². The van der Waals surface area contributed by atoms with E-state index in [2.05, 4.69) is 37.1 Å². The maximum atomic E-state index is 10.9. The first kappa shape index (κ1) is 19.2. The minimum absolute atomic E-state index is 0.0489. The van der Waals surface area contributed by atoms with E-state index in [1.165, 1.54) is 0 Å². The molecule has 2 heterocycles. The molecule has 1 aromatic heterocycles. The molecular formula is C21H18BrN5O2. The summed E-state index contributed by atoms with van der Waals surface area (Å²) >= 11 is 3.43. The SMILES string of the molecule is N#C/C(=C(/O)c1ccccc1Br)c1nnc(N2CCOCC2)n1-c1ccccc1. The number of anilines is 1. The van der Waals surface area contributed by atoms with Crippen LogP contribution in [0.1, 0.15) is 11.4 Å². The summed E-state index contributed by atoms with van der Waals surface area (Å²) in [6.45, 7) is 2.54. The number of rotatable bonds is 4. The predicted molar refractivity (Wildman–Crippen MR) is 114 cm³/mol. The number of para-hydroxylation sites is 1. The number of halogens is 1. The van der Waals surface area contributed by atoms with E-state index in [4.69, 9.17) is 4.74 Å². The Balaban J connectivity index is 1.91. The lowest BCUT2D eigenvalue weighted by Gasteiger charge is -2.28. The number of benzene rings is 2. The van der Waals surface area contributed by atoms with Crippen LogP contribution in [0.15, 0.2) is 59.1 Å². The highest BCUT2D eigenvalue weighted by Gasteiger charge is 2.25. The number of ether oxygens (including phenoxy) is 1. The Morgan fingerprint density at radius 3 is 2.41 bits per heavy atom. The van der Waals surface area contributed by atoms with E-state index in [9.17, 15) is 10.4 Å². The van der Waals surface area contributed by atoms with Crippen molar-refractivity contribution in [2.24, 2.45) is 0 Å². The van der Waals surface area contributed by atoms with Gasteiger partial charge in [0.25, 0.3) is 0 Å². The van der Waals surface area contributed by atoms with Gasteiger partial charge >= 0.3 is 0 Å². The minimum atomic E-state index is -0.155. The quantitative estimate of drug-likeness (QED) is 0.479. The summed E-state index contributed by atoms with van der Waals surface area (Å²) in [4.78, 5) is 2.07. The van der Waals surface area contributed by atoms with E-state index in [1.54, 1.807) is 16.7 Å². The molecular weight excluding hydrogens is 434 g/mol. The van der Waals surface area contributed by atoms with Gasteiger partial charge in [-0.05, 0) is 18.2 Å². The van der Waals surface area contributed by atoms with E-state index >= 15 is 0 Å². The molecule has 29 heavy (non-hydrogen) atoms. The first-order chi connectivity index (χ1) is 14.2. The molecule has 0 bridgehead atoms. The topological polar surface area (TPSA) is 87.2 Å². The zero-order chi connectivity index (χ0) is 20.2. The molecule has 1 N–H and O–H groups in total. The Hall–Kier alpha value is -3.15. The Bertz CT molecular complexity index is 1080. The highest BCUT2D eigenvalue weighted by atomic mass is 79.9. The number of hydrogen-bond acceptors (Lipinski definition) is 6. The van der Waals surface area contributed by atoms with Crippen LogP contribution in [0.5, 0.6) is 0 Å². The van der Waals surface area contributed by atoms with Crippen LogP contribution in [-0.2, 0) is 4.74 Å². The Morgan fingerprint density at radius 1 is 1.03 bits per heavy atom. The number of nitriles is 1. The van der Waals surface area contributed by atoms with Crippen LogP contribution >= 0.6 is 15.9 Å². The average molecular weight is 452 g/mol. The fourth-order valence-corrected chi connectivity index (χ4v) is 3.69. The molecule has 0 radical (unpaired) electrons. The van der Waals surface area contributed by atoms with Gasteiger partial charge < -0.3 is 14.7 Å². The van der Waals surface area contributed by atoms with Crippen LogP contribution in [0.2, 0.25) is 0 Å². The molecule has 3 aromatic rings. The lowest BCUT2D eigenvalue weighted by molar-refractivity contribution is 0.122. The van der Waals surface area contributed by atoms with Crippen molar-refractivity contribution in [1.29, 1.82) is 5.26 Å². The van der Waals surface area contributed by atoms with Crippen LogP contribution in [0.3, 0.4) is 0 Å². The minimum Gasteiger partial charge on any atom is -0.506 e. The first-order valence-corrected chi connectivity index (χ1v) is 9.92. The molecule has 1 aliphatic heterocycles. The summed E-state index contributed by atoms with van der Waals surface area (Å²) in [7, 11) is 0. The van der Waals surface area contributed by atoms with Crippen LogP contribution in [0.25, 0.3) is 17.0 Å². The number of aliphatic hydroxyl groups is 1. The molecule has 0 amide bonds.